The van der Waals surface area contributed by atoms with Crippen molar-refractivity contribution in [2.24, 2.45) is 5.92 Å². The van der Waals surface area contributed by atoms with Gasteiger partial charge in [0.2, 0.25) is 11.7 Å². The van der Waals surface area contributed by atoms with Crippen LogP contribution in [-0.2, 0) is 20.8 Å². The van der Waals surface area contributed by atoms with Crippen LogP contribution in [0.15, 0.2) is 18.2 Å². The van der Waals surface area contributed by atoms with Gasteiger partial charge in [0, 0.05) is 18.6 Å². The number of ketones is 1. The summed E-state index contributed by atoms with van der Waals surface area (Å²) in [5.74, 6) is -2.32. The van der Waals surface area contributed by atoms with Crippen molar-refractivity contribution in [2.45, 2.75) is 44.7 Å². The van der Waals surface area contributed by atoms with Crippen LogP contribution in [0.1, 0.15) is 31.7 Å². The van der Waals surface area contributed by atoms with E-state index in [1.807, 2.05) is 19.1 Å². The Morgan fingerprint density at radius 1 is 1.28 bits per heavy atom. The monoisotopic (exact) mass is 382 g/mol. The molecular weight excluding hydrogens is 363 g/mol. The molecule has 134 valence electrons. The van der Waals surface area contributed by atoms with Gasteiger partial charge in [0.05, 0.1) is 10.0 Å². The minimum Gasteiger partial charge on any atom is -0.353 e. The maximum atomic E-state index is 12.4. The number of rotatable bonds is 6. The zero-order chi connectivity index (χ0) is 18.1. The molecule has 0 bridgehead atoms. The predicted octanol–water partition coefficient (Wildman–Crippen LogP) is 2.62. The highest BCUT2D eigenvalue weighted by Gasteiger charge is 2.48. The normalized spacial score (nSPS) is 21.6. The van der Waals surface area contributed by atoms with Crippen LogP contribution in [0.2, 0.25) is 10.0 Å². The fraction of sp³-hybridized carbons (Fsp3) is 0.500. The Balaban J connectivity index is 1.51. The van der Waals surface area contributed by atoms with Crippen molar-refractivity contribution in [1.29, 1.82) is 0 Å². The number of Topliss-reactive ketones (excluding diaryl/α,β-unsaturated/α-hetero) is 1. The Morgan fingerprint density at radius 2 is 2.00 bits per heavy atom. The van der Waals surface area contributed by atoms with Gasteiger partial charge in [-0.05, 0) is 50.3 Å². The average molecular weight is 383 g/mol. The van der Waals surface area contributed by atoms with Crippen molar-refractivity contribution in [2.75, 3.05) is 6.54 Å². The number of hydrogen-bond donors (Lipinski definition) is 1. The molecule has 7 heteroatoms. The first kappa shape index (κ1) is 18.2. The van der Waals surface area contributed by atoms with E-state index in [1.165, 1.54) is 0 Å². The quantitative estimate of drug-likeness (QED) is 0.607. The number of nitrogens with one attached hydrogen (secondary N) is 1. The molecule has 1 aromatic carbocycles. The molecule has 25 heavy (non-hydrogen) atoms. The van der Waals surface area contributed by atoms with E-state index in [9.17, 15) is 14.4 Å². The molecule has 0 spiro atoms. The van der Waals surface area contributed by atoms with Gasteiger partial charge in [0.25, 0.3) is 5.91 Å². The minimum atomic E-state index is -0.875. The Hall–Kier alpha value is -1.59. The summed E-state index contributed by atoms with van der Waals surface area (Å²) in [6.45, 7) is 2.10. The summed E-state index contributed by atoms with van der Waals surface area (Å²) in [6.07, 6.45) is 3.27. The molecule has 1 aliphatic carbocycles. The third kappa shape index (κ3) is 4.15. The molecule has 0 aromatic heterocycles. The van der Waals surface area contributed by atoms with Gasteiger partial charge < -0.3 is 10.2 Å². The molecule has 1 saturated heterocycles. The van der Waals surface area contributed by atoms with Gasteiger partial charge in [0.15, 0.2) is 0 Å². The Kier molecular flexibility index (Phi) is 5.35. The number of likely N-dealkylation sites (tertiary alicyclic amines) is 1. The zero-order valence-electron chi connectivity index (χ0n) is 13.9. The van der Waals surface area contributed by atoms with Crippen LogP contribution < -0.4 is 5.32 Å². The van der Waals surface area contributed by atoms with Crippen LogP contribution in [0.3, 0.4) is 0 Å². The minimum absolute atomic E-state index is 0.111. The molecule has 2 unspecified atom stereocenters. The summed E-state index contributed by atoms with van der Waals surface area (Å²) in [7, 11) is 0. The second kappa shape index (κ2) is 7.34. The van der Waals surface area contributed by atoms with E-state index in [0.29, 0.717) is 16.5 Å². The fourth-order valence-electron chi connectivity index (χ4n) is 3.05. The molecule has 1 heterocycles. The predicted molar refractivity (Wildman–Crippen MR) is 95.6 cm³/mol. The summed E-state index contributed by atoms with van der Waals surface area (Å²) in [4.78, 5) is 37.9. The summed E-state index contributed by atoms with van der Waals surface area (Å²) in [6, 6.07) is 5.50. The van der Waals surface area contributed by atoms with Crippen LogP contribution in [0.25, 0.3) is 0 Å². The van der Waals surface area contributed by atoms with Crippen LogP contribution in [0, 0.1) is 5.92 Å². The molecule has 5 nitrogen and oxygen atoms in total. The smallest absolute Gasteiger partial charge is 0.291 e. The van der Waals surface area contributed by atoms with Gasteiger partial charge in [0.1, 0.15) is 5.92 Å². The lowest BCUT2D eigenvalue weighted by atomic mass is 10.0. The summed E-state index contributed by atoms with van der Waals surface area (Å²) in [5, 5.41) is 3.87. The van der Waals surface area contributed by atoms with E-state index in [4.69, 9.17) is 23.2 Å². The lowest BCUT2D eigenvalue weighted by Crippen LogP contribution is -2.40. The van der Waals surface area contributed by atoms with Crippen molar-refractivity contribution in [1.82, 2.24) is 10.2 Å². The molecule has 2 fully saturated rings. The highest BCUT2D eigenvalue weighted by atomic mass is 35.5. The Labute approximate surface area is 156 Å². The SMILES string of the molecule is CC(CCc1ccc(Cl)c(Cl)c1)NC(=O)C1CN(C2CC2)C(=O)C1=O. The lowest BCUT2D eigenvalue weighted by Gasteiger charge is -2.17. The highest BCUT2D eigenvalue weighted by Crippen LogP contribution is 2.31. The van der Waals surface area contributed by atoms with Crippen molar-refractivity contribution in [3.8, 4) is 0 Å². The molecule has 3 rings (SSSR count). The summed E-state index contributed by atoms with van der Waals surface area (Å²) in [5.41, 5.74) is 1.03. The van der Waals surface area contributed by atoms with Gasteiger partial charge >= 0.3 is 0 Å². The van der Waals surface area contributed by atoms with Crippen LogP contribution in [-0.4, -0.2) is 41.1 Å². The maximum Gasteiger partial charge on any atom is 0.291 e. The van der Waals surface area contributed by atoms with Crippen molar-refractivity contribution in [3.05, 3.63) is 33.8 Å². The topological polar surface area (TPSA) is 66.5 Å². The standard InChI is InChI=1S/C18H20Cl2N2O3/c1-10(2-3-11-4-7-14(19)15(20)8-11)21-17(24)13-9-22(12-5-6-12)18(25)16(13)23/h4,7-8,10,12-13H,2-3,5-6,9H2,1H3,(H,21,24). The van der Waals surface area contributed by atoms with Crippen molar-refractivity contribution >= 4 is 40.8 Å². The van der Waals surface area contributed by atoms with E-state index in [-0.39, 0.29) is 24.5 Å². The van der Waals surface area contributed by atoms with E-state index < -0.39 is 17.6 Å². The fourth-order valence-corrected chi connectivity index (χ4v) is 3.37. The van der Waals surface area contributed by atoms with Crippen molar-refractivity contribution in [3.63, 3.8) is 0 Å². The molecule has 2 aliphatic rings. The number of amides is 2. The van der Waals surface area contributed by atoms with Crippen molar-refractivity contribution < 1.29 is 14.4 Å². The first-order valence-electron chi connectivity index (χ1n) is 8.46. The second-order valence-electron chi connectivity index (χ2n) is 6.80. The van der Waals surface area contributed by atoms with Crippen LogP contribution >= 0.6 is 23.2 Å². The zero-order valence-corrected chi connectivity index (χ0v) is 15.4. The first-order valence-corrected chi connectivity index (χ1v) is 9.21. The van der Waals surface area contributed by atoms with Gasteiger partial charge in [-0.3, -0.25) is 14.4 Å². The number of nitrogens with zero attached hydrogens (tertiary/aromatic N) is 1. The van der Waals surface area contributed by atoms with E-state index in [0.717, 1.165) is 24.8 Å². The van der Waals surface area contributed by atoms with Gasteiger partial charge in [-0.25, -0.2) is 0 Å². The number of aryl methyl sites for hydroxylation is 1. The largest absolute Gasteiger partial charge is 0.353 e. The first-order chi connectivity index (χ1) is 11.9. The molecule has 2 atom stereocenters. The van der Waals surface area contributed by atoms with Crippen LogP contribution in [0.4, 0.5) is 0 Å². The number of halogens is 2. The molecule has 1 aromatic rings. The molecular formula is C18H20Cl2N2O3. The molecule has 2 amide bonds. The molecule has 1 N–H and O–H groups in total. The average Bonchev–Trinajstić information content (AvgIpc) is 3.36. The lowest BCUT2D eigenvalue weighted by molar-refractivity contribution is -0.142. The van der Waals surface area contributed by atoms with Gasteiger partial charge in [-0.2, -0.15) is 0 Å². The van der Waals surface area contributed by atoms with E-state index in [1.54, 1.807) is 11.0 Å². The third-order valence-electron chi connectivity index (χ3n) is 4.71. The number of carbonyl (C=O) groups is 3. The Morgan fingerprint density at radius 3 is 2.64 bits per heavy atom. The third-order valence-corrected chi connectivity index (χ3v) is 5.45. The van der Waals surface area contributed by atoms with Gasteiger partial charge in [-0.1, -0.05) is 29.3 Å². The molecule has 1 saturated carbocycles. The highest BCUT2D eigenvalue weighted by molar-refractivity contribution is 6.42. The number of hydrogen-bond acceptors (Lipinski definition) is 3. The summed E-state index contributed by atoms with van der Waals surface area (Å²) < 4.78 is 0. The second-order valence-corrected chi connectivity index (χ2v) is 7.62. The maximum absolute atomic E-state index is 12.4. The van der Waals surface area contributed by atoms with Crippen LogP contribution in [0.5, 0.6) is 0 Å². The van der Waals surface area contributed by atoms with E-state index >= 15 is 0 Å². The summed E-state index contributed by atoms with van der Waals surface area (Å²) >= 11 is 11.9. The number of benzene rings is 1. The molecule has 0 radical (unpaired) electrons. The van der Waals surface area contributed by atoms with E-state index in [2.05, 4.69) is 5.32 Å². The Bertz CT molecular complexity index is 718. The van der Waals surface area contributed by atoms with Gasteiger partial charge in [-0.15, -0.1) is 0 Å². The molecule has 1 aliphatic heterocycles. The number of carbonyl (C=O) groups excluding carboxylic acids is 3.